The number of carboxylic acid groups (broad SMARTS) is 1. The Morgan fingerprint density at radius 2 is 1.67 bits per heavy atom. The number of aromatic carboxylic acids is 1. The molecule has 0 spiro atoms. The Kier molecular flexibility index (Phi) is 4.32. The summed E-state index contributed by atoms with van der Waals surface area (Å²) in [7, 11) is 0. The van der Waals surface area contributed by atoms with Gasteiger partial charge in [0.1, 0.15) is 17.2 Å². The molecule has 0 radical (unpaired) electrons. The minimum absolute atomic E-state index is 0.0447. The molecule has 0 saturated carbocycles. The summed E-state index contributed by atoms with van der Waals surface area (Å²) >= 11 is 2.90. The zero-order valence-corrected chi connectivity index (χ0v) is 11.9. The van der Waals surface area contributed by atoms with E-state index in [0.717, 1.165) is 12.1 Å². The van der Waals surface area contributed by atoms with E-state index in [1.165, 1.54) is 24.3 Å². The molecule has 0 heterocycles. The van der Waals surface area contributed by atoms with Crippen LogP contribution in [0.3, 0.4) is 0 Å². The highest BCUT2D eigenvalue weighted by Gasteiger charge is 2.20. The van der Waals surface area contributed by atoms with Crippen molar-refractivity contribution in [3.05, 3.63) is 63.6 Å². The molecule has 7 heteroatoms. The van der Waals surface area contributed by atoms with Crippen molar-refractivity contribution in [3.8, 4) is 0 Å². The number of amides is 1. The Labute approximate surface area is 126 Å². The van der Waals surface area contributed by atoms with Crippen LogP contribution < -0.4 is 5.32 Å². The summed E-state index contributed by atoms with van der Waals surface area (Å²) in [5.74, 6) is -4.42. The number of carboxylic acids is 1. The van der Waals surface area contributed by atoms with Crippen molar-refractivity contribution < 1.29 is 23.5 Å². The number of benzene rings is 2. The van der Waals surface area contributed by atoms with Crippen LogP contribution in [0.25, 0.3) is 0 Å². The molecule has 0 saturated heterocycles. The van der Waals surface area contributed by atoms with Gasteiger partial charge in [-0.15, -0.1) is 0 Å². The van der Waals surface area contributed by atoms with Gasteiger partial charge in [0.05, 0.1) is 11.3 Å². The molecule has 0 bridgehead atoms. The van der Waals surface area contributed by atoms with Gasteiger partial charge in [-0.3, -0.25) is 4.79 Å². The molecule has 21 heavy (non-hydrogen) atoms. The molecule has 0 fully saturated rings. The number of halogens is 3. The fraction of sp³-hybridized carbons (Fsp3) is 0. The van der Waals surface area contributed by atoms with Crippen LogP contribution in [0.5, 0.6) is 0 Å². The maximum atomic E-state index is 13.7. The first-order chi connectivity index (χ1) is 9.90. The second-order valence-electron chi connectivity index (χ2n) is 4.05. The van der Waals surface area contributed by atoms with E-state index in [4.69, 9.17) is 5.11 Å². The summed E-state index contributed by atoms with van der Waals surface area (Å²) in [6.45, 7) is 0. The first-order valence-corrected chi connectivity index (χ1v) is 6.47. The molecule has 2 N–H and O–H groups in total. The molecule has 2 aromatic carbocycles. The topological polar surface area (TPSA) is 66.4 Å². The van der Waals surface area contributed by atoms with Crippen LogP contribution in [0.4, 0.5) is 14.5 Å². The maximum Gasteiger partial charge on any atom is 0.337 e. The second-order valence-corrected chi connectivity index (χ2v) is 4.96. The third kappa shape index (κ3) is 3.25. The number of para-hydroxylation sites is 1. The largest absolute Gasteiger partial charge is 0.478 e. The van der Waals surface area contributed by atoms with Crippen molar-refractivity contribution in [2.45, 2.75) is 0 Å². The molecule has 0 aliphatic heterocycles. The van der Waals surface area contributed by atoms with Crippen LogP contribution in [-0.4, -0.2) is 17.0 Å². The van der Waals surface area contributed by atoms with Gasteiger partial charge < -0.3 is 10.4 Å². The Bertz CT molecular complexity index is 711. The Morgan fingerprint density at radius 1 is 1.10 bits per heavy atom. The van der Waals surface area contributed by atoms with E-state index < -0.39 is 29.1 Å². The quantitative estimate of drug-likeness (QED) is 0.882. The molecular formula is C14H8BrF2NO3. The highest BCUT2D eigenvalue weighted by molar-refractivity contribution is 9.10. The summed E-state index contributed by atoms with van der Waals surface area (Å²) < 4.78 is 27.5. The molecule has 2 rings (SSSR count). The van der Waals surface area contributed by atoms with Gasteiger partial charge in [-0.2, -0.15) is 0 Å². The highest BCUT2D eigenvalue weighted by Crippen LogP contribution is 2.22. The van der Waals surface area contributed by atoms with Gasteiger partial charge in [-0.1, -0.05) is 28.1 Å². The molecule has 1 amide bonds. The van der Waals surface area contributed by atoms with Gasteiger partial charge in [-0.05, 0) is 24.3 Å². The molecule has 4 nitrogen and oxygen atoms in total. The van der Waals surface area contributed by atoms with Crippen molar-refractivity contribution >= 4 is 33.5 Å². The lowest BCUT2D eigenvalue weighted by Gasteiger charge is -2.09. The highest BCUT2D eigenvalue weighted by atomic mass is 79.9. The number of hydrogen-bond donors (Lipinski definition) is 2. The van der Waals surface area contributed by atoms with Crippen LogP contribution in [0, 0.1) is 11.6 Å². The Hall–Kier alpha value is -2.28. The SMILES string of the molecule is O=C(O)c1ccccc1NC(=O)c1c(F)cc(Br)cc1F. The third-order valence-corrected chi connectivity index (χ3v) is 3.10. The molecule has 108 valence electrons. The van der Waals surface area contributed by atoms with Crippen molar-refractivity contribution in [1.82, 2.24) is 0 Å². The summed E-state index contributed by atoms with van der Waals surface area (Å²) in [6.07, 6.45) is 0. The zero-order chi connectivity index (χ0) is 15.6. The lowest BCUT2D eigenvalue weighted by molar-refractivity contribution is 0.0698. The number of nitrogens with one attached hydrogen (secondary N) is 1. The Balaban J connectivity index is 2.38. The number of anilines is 1. The van der Waals surface area contributed by atoms with E-state index >= 15 is 0 Å². The van der Waals surface area contributed by atoms with Crippen LogP contribution in [0.15, 0.2) is 40.9 Å². The van der Waals surface area contributed by atoms with Crippen molar-refractivity contribution in [1.29, 1.82) is 0 Å². The van der Waals surface area contributed by atoms with Gasteiger partial charge in [0, 0.05) is 4.47 Å². The predicted molar refractivity (Wildman–Crippen MR) is 75.4 cm³/mol. The van der Waals surface area contributed by atoms with E-state index in [1.54, 1.807) is 0 Å². The molecule has 0 aliphatic carbocycles. The number of carbonyl (C=O) groups is 2. The van der Waals surface area contributed by atoms with Crippen LogP contribution >= 0.6 is 15.9 Å². The van der Waals surface area contributed by atoms with Crippen molar-refractivity contribution in [2.75, 3.05) is 5.32 Å². The first-order valence-electron chi connectivity index (χ1n) is 5.68. The van der Waals surface area contributed by atoms with E-state index in [1.807, 2.05) is 0 Å². The summed E-state index contributed by atoms with van der Waals surface area (Å²) in [5.41, 5.74) is -1.00. The Morgan fingerprint density at radius 3 is 2.24 bits per heavy atom. The zero-order valence-electron chi connectivity index (χ0n) is 10.4. The van der Waals surface area contributed by atoms with Crippen molar-refractivity contribution in [3.63, 3.8) is 0 Å². The smallest absolute Gasteiger partial charge is 0.337 e. The summed E-state index contributed by atoms with van der Waals surface area (Å²) in [6, 6.07) is 7.46. The van der Waals surface area contributed by atoms with Crippen molar-refractivity contribution in [2.24, 2.45) is 0 Å². The fourth-order valence-corrected chi connectivity index (χ4v) is 2.12. The maximum absolute atomic E-state index is 13.7. The van der Waals surface area contributed by atoms with E-state index in [-0.39, 0.29) is 15.7 Å². The summed E-state index contributed by atoms with van der Waals surface area (Å²) in [4.78, 5) is 23.0. The third-order valence-electron chi connectivity index (χ3n) is 2.64. The van der Waals surface area contributed by atoms with E-state index in [9.17, 15) is 18.4 Å². The predicted octanol–water partition coefficient (Wildman–Crippen LogP) is 3.68. The van der Waals surface area contributed by atoms with Crippen LogP contribution in [0.1, 0.15) is 20.7 Å². The lowest BCUT2D eigenvalue weighted by atomic mass is 10.1. The van der Waals surface area contributed by atoms with E-state index in [0.29, 0.717) is 0 Å². The van der Waals surface area contributed by atoms with Gasteiger partial charge in [0.2, 0.25) is 0 Å². The van der Waals surface area contributed by atoms with Gasteiger partial charge in [-0.25, -0.2) is 13.6 Å². The summed E-state index contributed by atoms with van der Waals surface area (Å²) in [5, 5.41) is 11.2. The lowest BCUT2D eigenvalue weighted by Crippen LogP contribution is -2.18. The fourth-order valence-electron chi connectivity index (χ4n) is 1.72. The minimum atomic E-state index is -1.26. The number of carbonyl (C=O) groups excluding carboxylic acids is 1. The number of rotatable bonds is 3. The molecule has 0 unspecified atom stereocenters. The van der Waals surface area contributed by atoms with Gasteiger partial charge in [0.25, 0.3) is 5.91 Å². The molecule has 2 aromatic rings. The van der Waals surface area contributed by atoms with Gasteiger partial charge in [0.15, 0.2) is 0 Å². The van der Waals surface area contributed by atoms with E-state index in [2.05, 4.69) is 21.2 Å². The normalized spacial score (nSPS) is 10.2. The molecular weight excluding hydrogens is 348 g/mol. The average molecular weight is 356 g/mol. The average Bonchev–Trinajstić information content (AvgIpc) is 2.37. The van der Waals surface area contributed by atoms with Crippen LogP contribution in [0.2, 0.25) is 0 Å². The number of hydrogen-bond acceptors (Lipinski definition) is 2. The van der Waals surface area contributed by atoms with Crippen LogP contribution in [-0.2, 0) is 0 Å². The monoisotopic (exact) mass is 355 g/mol. The standard InChI is InChI=1S/C14H8BrF2NO3/c15-7-5-9(16)12(10(17)6-7)13(19)18-11-4-2-1-3-8(11)14(20)21/h1-6H,(H,18,19)(H,20,21). The minimum Gasteiger partial charge on any atom is -0.478 e. The molecule has 0 aliphatic rings. The second kappa shape index (κ2) is 6.01. The molecule has 0 atom stereocenters. The molecule has 0 aromatic heterocycles. The van der Waals surface area contributed by atoms with Gasteiger partial charge >= 0.3 is 5.97 Å². The first kappa shape index (κ1) is 15.1.